The van der Waals surface area contributed by atoms with Gasteiger partial charge < -0.3 is 42.6 Å². The van der Waals surface area contributed by atoms with Crippen molar-refractivity contribution >= 4 is 17.9 Å². The first-order valence-corrected chi connectivity index (χ1v) is 15.6. The molecule has 12 nitrogen and oxygen atoms in total. The third kappa shape index (κ3) is 6.69. The maximum Gasteiger partial charge on any atom is 0.341 e. The van der Waals surface area contributed by atoms with Crippen LogP contribution >= 0.6 is 0 Å². The molecule has 0 amide bonds. The summed E-state index contributed by atoms with van der Waals surface area (Å²) in [6, 6.07) is 9.80. The quantitative estimate of drug-likeness (QED) is 0.111. The molecule has 0 saturated heterocycles. The fourth-order valence-corrected chi connectivity index (χ4v) is 6.52. The molecule has 12 heteroatoms. The van der Waals surface area contributed by atoms with Gasteiger partial charge in [0.15, 0.2) is 0 Å². The fraction of sp³-hybridized carbons (Fsp3) is 0.308. The van der Waals surface area contributed by atoms with Crippen LogP contribution in [0.3, 0.4) is 0 Å². The number of hydrogen-bond acceptors (Lipinski definition) is 12. The molecule has 0 aliphatic rings. The molecule has 0 radical (unpaired) electrons. The second-order valence-electron chi connectivity index (χ2n) is 11.2. The van der Waals surface area contributed by atoms with E-state index < -0.39 is 17.9 Å². The smallest absolute Gasteiger partial charge is 0.341 e. The molecule has 4 aromatic rings. The Morgan fingerprint density at radius 3 is 0.745 bits per heavy atom. The molecular weight excluding hydrogens is 660 g/mol. The summed E-state index contributed by atoms with van der Waals surface area (Å²) in [5, 5.41) is 0. The molecule has 0 unspecified atom stereocenters. The minimum atomic E-state index is -0.613. The van der Waals surface area contributed by atoms with Crippen molar-refractivity contribution in [2.24, 2.45) is 0 Å². The van der Waals surface area contributed by atoms with Gasteiger partial charge in [-0.1, -0.05) is 0 Å². The van der Waals surface area contributed by atoms with Crippen LogP contribution < -0.4 is 28.4 Å². The Labute approximate surface area is 297 Å². The van der Waals surface area contributed by atoms with E-state index >= 15 is 0 Å². The Hall–Kier alpha value is -5.91. The van der Waals surface area contributed by atoms with E-state index in [1.165, 1.54) is 64.0 Å². The predicted octanol–water partition coefficient (Wildman–Crippen LogP) is 7.02. The Bertz CT molecular complexity index is 1760. The summed E-state index contributed by atoms with van der Waals surface area (Å²) < 4.78 is 49.6. The third-order valence-corrected chi connectivity index (χ3v) is 8.84. The standard InChI is InChI=1S/C39H42O12/c1-19-34(22-13-25(37(40)49-10)31(46-7)16-28(22)43-4)20(2)36(24-15-27(39(42)51-12)33(48-9)18-30(24)45-6)21(3)35(19)23-14-26(38(41)50-11)32(47-8)17-29(23)44-5/h13-18H,1-12H3. The summed E-state index contributed by atoms with van der Waals surface area (Å²) in [6.45, 7) is 5.76. The Morgan fingerprint density at radius 2 is 0.569 bits per heavy atom. The molecule has 4 aromatic carbocycles. The van der Waals surface area contributed by atoms with Gasteiger partial charge in [-0.05, 0) is 72.4 Å². The van der Waals surface area contributed by atoms with Crippen LogP contribution in [0.4, 0.5) is 0 Å². The molecule has 0 fully saturated rings. The van der Waals surface area contributed by atoms with E-state index in [9.17, 15) is 14.4 Å². The van der Waals surface area contributed by atoms with E-state index in [2.05, 4.69) is 0 Å². The lowest BCUT2D eigenvalue weighted by Crippen LogP contribution is -2.09. The number of hydrogen-bond donors (Lipinski definition) is 0. The van der Waals surface area contributed by atoms with Crippen molar-refractivity contribution in [1.82, 2.24) is 0 Å². The number of ether oxygens (including phenoxy) is 9. The molecular formula is C39H42O12. The average molecular weight is 703 g/mol. The number of esters is 3. The highest BCUT2D eigenvalue weighted by atomic mass is 16.5. The summed E-state index contributed by atoms with van der Waals surface area (Å²) in [5.41, 5.74) is 6.37. The van der Waals surface area contributed by atoms with Crippen LogP contribution in [0, 0.1) is 20.8 Å². The first-order valence-electron chi connectivity index (χ1n) is 15.6. The highest BCUT2D eigenvalue weighted by Gasteiger charge is 2.30. The minimum Gasteiger partial charge on any atom is -0.496 e. The van der Waals surface area contributed by atoms with E-state index in [0.29, 0.717) is 50.6 Å². The molecule has 0 aliphatic carbocycles. The zero-order valence-corrected chi connectivity index (χ0v) is 30.9. The molecule has 0 saturated carbocycles. The van der Waals surface area contributed by atoms with Crippen molar-refractivity contribution in [2.45, 2.75) is 20.8 Å². The molecule has 0 spiro atoms. The molecule has 0 atom stereocenters. The van der Waals surface area contributed by atoms with Crippen LogP contribution in [-0.2, 0) is 14.2 Å². The van der Waals surface area contributed by atoms with E-state index in [1.807, 2.05) is 20.8 Å². The number of benzene rings is 4. The lowest BCUT2D eigenvalue weighted by atomic mass is 9.79. The largest absolute Gasteiger partial charge is 0.496 e. The number of rotatable bonds is 12. The van der Waals surface area contributed by atoms with Gasteiger partial charge in [0, 0.05) is 34.9 Å². The van der Waals surface area contributed by atoms with Crippen molar-refractivity contribution in [3.05, 3.63) is 69.8 Å². The highest BCUT2D eigenvalue weighted by Crippen LogP contribution is 2.51. The van der Waals surface area contributed by atoms with Gasteiger partial charge in [-0.25, -0.2) is 14.4 Å². The number of methoxy groups -OCH3 is 9. The van der Waals surface area contributed by atoms with Crippen molar-refractivity contribution in [3.8, 4) is 67.9 Å². The van der Waals surface area contributed by atoms with E-state index in [-0.39, 0.29) is 33.9 Å². The maximum absolute atomic E-state index is 13.0. The monoisotopic (exact) mass is 702 g/mol. The summed E-state index contributed by atoms with van der Waals surface area (Å²) in [6.07, 6.45) is 0. The second kappa shape index (κ2) is 15.8. The van der Waals surface area contributed by atoms with Crippen LogP contribution in [0.15, 0.2) is 36.4 Å². The molecule has 0 N–H and O–H groups in total. The highest BCUT2D eigenvalue weighted by molar-refractivity contribution is 6.02. The van der Waals surface area contributed by atoms with Crippen LogP contribution in [0.5, 0.6) is 34.5 Å². The predicted molar refractivity (Wildman–Crippen MR) is 190 cm³/mol. The Morgan fingerprint density at radius 1 is 0.353 bits per heavy atom. The van der Waals surface area contributed by atoms with Gasteiger partial charge in [-0.2, -0.15) is 0 Å². The van der Waals surface area contributed by atoms with Gasteiger partial charge in [0.2, 0.25) is 0 Å². The van der Waals surface area contributed by atoms with Crippen LogP contribution in [0.2, 0.25) is 0 Å². The number of carbonyl (C=O) groups is 3. The van der Waals surface area contributed by atoms with Crippen LogP contribution in [0.1, 0.15) is 47.8 Å². The van der Waals surface area contributed by atoms with E-state index in [1.54, 1.807) is 36.4 Å². The fourth-order valence-electron chi connectivity index (χ4n) is 6.52. The van der Waals surface area contributed by atoms with Crippen molar-refractivity contribution < 1.29 is 57.0 Å². The van der Waals surface area contributed by atoms with E-state index in [0.717, 1.165) is 16.7 Å². The zero-order chi connectivity index (χ0) is 37.7. The SMILES string of the molecule is COC(=O)c1cc(-c2c(C)c(-c3cc(C(=O)OC)c(OC)cc3OC)c(C)c(-c3cc(C(=O)OC)c(OC)cc3OC)c2C)c(OC)cc1OC. The molecule has 0 bridgehead atoms. The summed E-state index contributed by atoms with van der Waals surface area (Å²) in [4.78, 5) is 39.1. The molecule has 0 aliphatic heterocycles. The molecule has 4 rings (SSSR count). The summed E-state index contributed by atoms with van der Waals surface area (Å²) >= 11 is 0. The lowest BCUT2D eigenvalue weighted by Gasteiger charge is -2.27. The zero-order valence-electron chi connectivity index (χ0n) is 30.9. The normalized spacial score (nSPS) is 10.6. The first-order chi connectivity index (χ1) is 24.4. The Kier molecular flexibility index (Phi) is 11.7. The molecule has 51 heavy (non-hydrogen) atoms. The van der Waals surface area contributed by atoms with Crippen molar-refractivity contribution in [3.63, 3.8) is 0 Å². The third-order valence-electron chi connectivity index (χ3n) is 8.84. The van der Waals surface area contributed by atoms with Crippen LogP contribution in [0.25, 0.3) is 33.4 Å². The topological polar surface area (TPSA) is 134 Å². The average Bonchev–Trinajstić information content (AvgIpc) is 3.15. The molecule has 0 aromatic heterocycles. The van der Waals surface area contributed by atoms with Gasteiger partial charge in [0.1, 0.15) is 51.2 Å². The van der Waals surface area contributed by atoms with Crippen molar-refractivity contribution in [2.75, 3.05) is 64.0 Å². The second-order valence-corrected chi connectivity index (χ2v) is 11.2. The maximum atomic E-state index is 13.0. The van der Waals surface area contributed by atoms with E-state index in [4.69, 9.17) is 42.6 Å². The van der Waals surface area contributed by atoms with Gasteiger partial charge in [-0.3, -0.25) is 0 Å². The van der Waals surface area contributed by atoms with Crippen LogP contribution in [-0.4, -0.2) is 81.9 Å². The Balaban J connectivity index is 2.34. The lowest BCUT2D eigenvalue weighted by molar-refractivity contribution is 0.0588. The van der Waals surface area contributed by atoms with Gasteiger partial charge in [0.25, 0.3) is 0 Å². The van der Waals surface area contributed by atoms with Crippen molar-refractivity contribution in [1.29, 1.82) is 0 Å². The minimum absolute atomic E-state index is 0.170. The number of carbonyl (C=O) groups excluding carboxylic acids is 3. The van der Waals surface area contributed by atoms with Gasteiger partial charge in [0.05, 0.1) is 64.0 Å². The molecule has 0 heterocycles. The summed E-state index contributed by atoms with van der Waals surface area (Å²) in [7, 11) is 12.7. The first kappa shape index (κ1) is 37.9. The summed E-state index contributed by atoms with van der Waals surface area (Å²) in [5.74, 6) is 0.132. The van der Waals surface area contributed by atoms with Gasteiger partial charge in [-0.15, -0.1) is 0 Å². The molecule has 270 valence electrons. The van der Waals surface area contributed by atoms with Gasteiger partial charge >= 0.3 is 17.9 Å².